The number of nitrogens with zero attached hydrogens (tertiary/aromatic N) is 3. The van der Waals surface area contributed by atoms with E-state index in [9.17, 15) is 0 Å². The fourth-order valence-corrected chi connectivity index (χ4v) is 6.60. The van der Waals surface area contributed by atoms with Crippen molar-refractivity contribution in [2.45, 2.75) is 0 Å². The molecule has 0 spiro atoms. The number of fused-ring (bicyclic) bond motifs is 6. The zero-order chi connectivity index (χ0) is 30.5. The molecule has 3 nitrogen and oxygen atoms in total. The second-order valence-electron chi connectivity index (χ2n) is 11.7. The van der Waals surface area contributed by atoms with E-state index in [2.05, 4.69) is 140 Å². The van der Waals surface area contributed by atoms with Gasteiger partial charge in [0, 0.05) is 22.1 Å². The number of hydrogen-bond donors (Lipinski definition) is 0. The first-order chi connectivity index (χ1) is 22.8. The topological polar surface area (TPSA) is 38.7 Å². The number of hydrogen-bond acceptors (Lipinski definition) is 3. The second kappa shape index (κ2) is 10.8. The predicted octanol–water partition coefficient (Wildman–Crippen LogP) is 11.2. The third-order valence-electron chi connectivity index (χ3n) is 8.88. The van der Waals surface area contributed by atoms with Crippen LogP contribution < -0.4 is 0 Å². The SMILES string of the molecule is c1ccc(-c2ccc3cc(-c4nc(-c5ccccc5)nc(-c5cccc6ccc7c8ccccc8ccc7c56)n4)ccc3c2)cc1. The predicted molar refractivity (Wildman–Crippen MR) is 192 cm³/mol. The van der Waals surface area contributed by atoms with E-state index in [1.807, 2.05) is 24.3 Å². The minimum atomic E-state index is 0.653. The van der Waals surface area contributed by atoms with Crippen molar-refractivity contribution >= 4 is 43.1 Å². The summed E-state index contributed by atoms with van der Waals surface area (Å²) in [4.78, 5) is 15.3. The van der Waals surface area contributed by atoms with E-state index in [0.29, 0.717) is 17.5 Å². The van der Waals surface area contributed by atoms with E-state index in [0.717, 1.165) is 32.8 Å². The molecule has 214 valence electrons. The van der Waals surface area contributed by atoms with E-state index >= 15 is 0 Å². The molecule has 1 heterocycles. The molecule has 9 rings (SSSR count). The summed E-state index contributed by atoms with van der Waals surface area (Å²) in [6.45, 7) is 0. The highest BCUT2D eigenvalue weighted by Crippen LogP contribution is 2.37. The van der Waals surface area contributed by atoms with Crippen LogP contribution >= 0.6 is 0 Å². The molecule has 1 aromatic heterocycles. The van der Waals surface area contributed by atoms with Crippen molar-refractivity contribution in [2.24, 2.45) is 0 Å². The zero-order valence-electron chi connectivity index (χ0n) is 24.9. The van der Waals surface area contributed by atoms with Gasteiger partial charge >= 0.3 is 0 Å². The quantitative estimate of drug-likeness (QED) is 0.193. The minimum Gasteiger partial charge on any atom is -0.208 e. The second-order valence-corrected chi connectivity index (χ2v) is 11.7. The average Bonchev–Trinajstić information content (AvgIpc) is 3.14. The Kier molecular flexibility index (Phi) is 6.14. The fraction of sp³-hybridized carbons (Fsp3) is 0. The van der Waals surface area contributed by atoms with Crippen LogP contribution in [0.4, 0.5) is 0 Å². The number of benzene rings is 8. The first-order valence-corrected chi connectivity index (χ1v) is 15.5. The van der Waals surface area contributed by atoms with Gasteiger partial charge in [0.1, 0.15) is 0 Å². The Morgan fingerprint density at radius 2 is 0.848 bits per heavy atom. The smallest absolute Gasteiger partial charge is 0.164 e. The van der Waals surface area contributed by atoms with Gasteiger partial charge in [-0.05, 0) is 61.0 Å². The lowest BCUT2D eigenvalue weighted by Crippen LogP contribution is -2.00. The van der Waals surface area contributed by atoms with Gasteiger partial charge in [-0.1, -0.05) is 152 Å². The molecular weight excluding hydrogens is 558 g/mol. The molecule has 0 amide bonds. The van der Waals surface area contributed by atoms with E-state index < -0.39 is 0 Å². The molecule has 9 aromatic rings. The number of aromatic nitrogens is 3. The molecule has 0 bridgehead atoms. The molecule has 0 fully saturated rings. The maximum atomic E-state index is 5.17. The van der Waals surface area contributed by atoms with E-state index in [4.69, 9.17) is 15.0 Å². The summed E-state index contributed by atoms with van der Waals surface area (Å²) in [6.07, 6.45) is 0. The molecule has 0 aliphatic rings. The molecular formula is C43H27N3. The first kappa shape index (κ1) is 26.2. The van der Waals surface area contributed by atoms with Crippen LogP contribution in [0.5, 0.6) is 0 Å². The highest BCUT2D eigenvalue weighted by molar-refractivity contribution is 6.20. The lowest BCUT2D eigenvalue weighted by atomic mass is 9.94. The van der Waals surface area contributed by atoms with Crippen LogP contribution in [0.3, 0.4) is 0 Å². The van der Waals surface area contributed by atoms with Crippen molar-refractivity contribution in [3.05, 3.63) is 164 Å². The van der Waals surface area contributed by atoms with Crippen LogP contribution in [0.15, 0.2) is 164 Å². The molecule has 0 N–H and O–H groups in total. The largest absolute Gasteiger partial charge is 0.208 e. The molecule has 46 heavy (non-hydrogen) atoms. The van der Waals surface area contributed by atoms with E-state index in [1.54, 1.807) is 0 Å². The summed E-state index contributed by atoms with van der Waals surface area (Å²) < 4.78 is 0. The van der Waals surface area contributed by atoms with Crippen LogP contribution in [-0.2, 0) is 0 Å². The summed E-state index contributed by atoms with van der Waals surface area (Å²) in [5.41, 5.74) is 5.31. The highest BCUT2D eigenvalue weighted by Gasteiger charge is 2.16. The van der Waals surface area contributed by atoms with Gasteiger partial charge in [-0.3, -0.25) is 0 Å². The van der Waals surface area contributed by atoms with Gasteiger partial charge in [0.15, 0.2) is 17.5 Å². The molecule has 0 saturated heterocycles. The van der Waals surface area contributed by atoms with Crippen LogP contribution in [-0.4, -0.2) is 15.0 Å². The van der Waals surface area contributed by atoms with Crippen LogP contribution in [0, 0.1) is 0 Å². The van der Waals surface area contributed by atoms with Crippen molar-refractivity contribution < 1.29 is 0 Å². The van der Waals surface area contributed by atoms with Crippen molar-refractivity contribution in [3.8, 4) is 45.3 Å². The molecule has 0 atom stereocenters. The van der Waals surface area contributed by atoms with Gasteiger partial charge in [0.25, 0.3) is 0 Å². The van der Waals surface area contributed by atoms with Gasteiger partial charge in [-0.25, -0.2) is 15.0 Å². The molecule has 0 aliphatic heterocycles. The highest BCUT2D eigenvalue weighted by atomic mass is 15.0. The van der Waals surface area contributed by atoms with Crippen molar-refractivity contribution in [3.63, 3.8) is 0 Å². The lowest BCUT2D eigenvalue weighted by molar-refractivity contribution is 1.08. The monoisotopic (exact) mass is 585 g/mol. The fourth-order valence-electron chi connectivity index (χ4n) is 6.60. The molecule has 0 unspecified atom stereocenters. The summed E-state index contributed by atoms with van der Waals surface area (Å²) >= 11 is 0. The molecule has 0 aliphatic carbocycles. The van der Waals surface area contributed by atoms with Gasteiger partial charge in [-0.15, -0.1) is 0 Å². The standard InChI is InChI=1S/C43H27N3/c1-3-10-28(11-4-1)32-18-19-34-27-35(21-20-33(34)26-32)42-44-41(31-13-5-2-6-14-31)45-43(46-42)39-17-9-15-30-23-24-37-36-16-8-7-12-29(36)22-25-38(37)40(30)39/h1-27H. The zero-order valence-corrected chi connectivity index (χ0v) is 24.9. The Bertz CT molecular complexity index is 2570. The van der Waals surface area contributed by atoms with Gasteiger partial charge < -0.3 is 0 Å². The molecule has 3 heteroatoms. The van der Waals surface area contributed by atoms with Crippen molar-refractivity contribution in [2.75, 3.05) is 0 Å². The normalized spacial score (nSPS) is 11.5. The van der Waals surface area contributed by atoms with E-state index in [-0.39, 0.29) is 0 Å². The molecule has 0 saturated carbocycles. The lowest BCUT2D eigenvalue weighted by Gasteiger charge is -2.13. The molecule has 0 radical (unpaired) electrons. The van der Waals surface area contributed by atoms with Crippen LogP contribution in [0.25, 0.3) is 88.4 Å². The Hall–Kier alpha value is -6.19. The average molecular weight is 586 g/mol. The van der Waals surface area contributed by atoms with Gasteiger partial charge in [0.2, 0.25) is 0 Å². The Labute approximate surface area is 266 Å². The minimum absolute atomic E-state index is 0.653. The summed E-state index contributed by atoms with van der Waals surface area (Å²) in [5, 5.41) is 9.50. The maximum absolute atomic E-state index is 5.17. The molecule has 8 aromatic carbocycles. The summed E-state index contributed by atoms with van der Waals surface area (Å²) in [7, 11) is 0. The Morgan fingerprint density at radius 1 is 0.283 bits per heavy atom. The Balaban J connectivity index is 1.25. The summed E-state index contributed by atoms with van der Waals surface area (Å²) in [6, 6.07) is 57.6. The van der Waals surface area contributed by atoms with Crippen molar-refractivity contribution in [1.29, 1.82) is 0 Å². The van der Waals surface area contributed by atoms with Crippen LogP contribution in [0.1, 0.15) is 0 Å². The van der Waals surface area contributed by atoms with E-state index in [1.165, 1.54) is 38.1 Å². The third-order valence-corrected chi connectivity index (χ3v) is 8.88. The van der Waals surface area contributed by atoms with Gasteiger partial charge in [0.05, 0.1) is 0 Å². The van der Waals surface area contributed by atoms with Crippen molar-refractivity contribution in [1.82, 2.24) is 15.0 Å². The summed E-state index contributed by atoms with van der Waals surface area (Å²) in [5.74, 6) is 1.97. The number of rotatable bonds is 4. The first-order valence-electron chi connectivity index (χ1n) is 15.5. The van der Waals surface area contributed by atoms with Crippen LogP contribution in [0.2, 0.25) is 0 Å². The maximum Gasteiger partial charge on any atom is 0.164 e. The van der Waals surface area contributed by atoms with Gasteiger partial charge in [-0.2, -0.15) is 0 Å². The third kappa shape index (κ3) is 4.49. The Morgan fingerprint density at radius 3 is 1.65 bits per heavy atom.